The van der Waals surface area contributed by atoms with Crippen LogP contribution >= 0.6 is 0 Å². The normalized spacial score (nSPS) is 12.2. The number of ether oxygens (including phenoxy) is 1. The molecule has 0 aliphatic carbocycles. The van der Waals surface area contributed by atoms with E-state index in [0.29, 0.717) is 0 Å². The highest BCUT2D eigenvalue weighted by molar-refractivity contribution is 5.88. The highest BCUT2D eigenvalue weighted by Gasteiger charge is 2.12. The Bertz CT molecular complexity index is 1510. The van der Waals surface area contributed by atoms with Crippen LogP contribution in [0.15, 0.2) is 91.1 Å². The number of fused-ring (bicyclic) bond motifs is 2. The highest BCUT2D eigenvalue weighted by Crippen LogP contribution is 2.33. The first kappa shape index (κ1) is 22.7. The maximum atomic E-state index is 11.4. The van der Waals surface area contributed by atoms with E-state index in [1.54, 1.807) is 7.11 Å². The van der Waals surface area contributed by atoms with E-state index >= 15 is 0 Å². The van der Waals surface area contributed by atoms with Crippen molar-refractivity contribution in [3.05, 3.63) is 102 Å². The van der Waals surface area contributed by atoms with Gasteiger partial charge in [-0.2, -0.15) is 0 Å². The lowest BCUT2D eigenvalue weighted by Gasteiger charge is -2.18. The average Bonchev–Trinajstić information content (AvgIpc) is 3.28. The number of nitrogens with zero attached hydrogens (tertiary/aromatic N) is 1. The van der Waals surface area contributed by atoms with Crippen LogP contribution in [0.1, 0.15) is 24.1 Å². The third-order valence-corrected chi connectivity index (χ3v) is 6.57. The van der Waals surface area contributed by atoms with Gasteiger partial charge in [-0.15, -0.1) is 0 Å². The van der Waals surface area contributed by atoms with E-state index in [-0.39, 0.29) is 18.5 Å². The summed E-state index contributed by atoms with van der Waals surface area (Å²) in [5.41, 5.74) is 10.9. The summed E-state index contributed by atoms with van der Waals surface area (Å²) in [5, 5.41) is 7.28. The average molecular weight is 464 g/mol. The number of amides is 1. The second-order valence-corrected chi connectivity index (χ2v) is 8.89. The standard InChI is InChI=1S/C30H29N3O2/c1-20(25-9-5-7-22-6-3-4-8-26(22)25)32-18-21-10-13-29(35-2)27(16-21)23-11-12-28-24(17-23)14-15-33(28)19-30(31)34/h3-17,20,32H,18-19H2,1-2H3,(H2,31,34)/t20-/m1/s1. The van der Waals surface area contributed by atoms with Crippen molar-refractivity contribution < 1.29 is 9.53 Å². The molecule has 5 rings (SSSR count). The van der Waals surface area contributed by atoms with E-state index in [9.17, 15) is 4.79 Å². The molecule has 3 N–H and O–H groups in total. The van der Waals surface area contributed by atoms with Crippen molar-refractivity contribution in [1.29, 1.82) is 0 Å². The third-order valence-electron chi connectivity index (χ3n) is 6.57. The molecule has 5 heteroatoms. The molecule has 1 aromatic heterocycles. The SMILES string of the molecule is COc1ccc(CN[C@H](C)c2cccc3ccccc23)cc1-c1ccc2c(ccn2CC(N)=O)c1. The molecule has 35 heavy (non-hydrogen) atoms. The van der Waals surface area contributed by atoms with Gasteiger partial charge < -0.3 is 20.4 Å². The van der Waals surface area contributed by atoms with Crippen LogP contribution in [-0.2, 0) is 17.9 Å². The number of primary amides is 1. The summed E-state index contributed by atoms with van der Waals surface area (Å²) >= 11 is 0. The summed E-state index contributed by atoms with van der Waals surface area (Å²) < 4.78 is 7.55. The van der Waals surface area contributed by atoms with E-state index in [2.05, 4.69) is 79.0 Å². The summed E-state index contributed by atoms with van der Waals surface area (Å²) in [6.45, 7) is 3.11. The fourth-order valence-corrected chi connectivity index (χ4v) is 4.77. The Hall–Kier alpha value is -4.09. The fraction of sp³-hybridized carbons (Fsp3) is 0.167. The van der Waals surface area contributed by atoms with Crippen LogP contribution < -0.4 is 15.8 Å². The molecule has 176 valence electrons. The second-order valence-electron chi connectivity index (χ2n) is 8.89. The van der Waals surface area contributed by atoms with E-state index in [1.165, 1.54) is 21.9 Å². The van der Waals surface area contributed by atoms with Crippen molar-refractivity contribution in [2.45, 2.75) is 26.1 Å². The number of aromatic nitrogens is 1. The molecule has 0 bridgehead atoms. The van der Waals surface area contributed by atoms with Gasteiger partial charge in [0, 0.05) is 35.2 Å². The predicted octanol–water partition coefficient (Wildman–Crippen LogP) is 5.81. The molecule has 0 aliphatic rings. The smallest absolute Gasteiger partial charge is 0.237 e. The van der Waals surface area contributed by atoms with Crippen molar-refractivity contribution >= 4 is 27.6 Å². The lowest BCUT2D eigenvalue weighted by Crippen LogP contribution is -2.18. The molecule has 0 spiro atoms. The monoisotopic (exact) mass is 463 g/mol. The number of benzene rings is 4. The van der Waals surface area contributed by atoms with Crippen LogP contribution in [0.4, 0.5) is 0 Å². The van der Waals surface area contributed by atoms with Gasteiger partial charge in [0.25, 0.3) is 0 Å². The van der Waals surface area contributed by atoms with Crippen LogP contribution in [0.5, 0.6) is 5.75 Å². The van der Waals surface area contributed by atoms with Crippen LogP contribution in [0, 0.1) is 0 Å². The predicted molar refractivity (Wildman–Crippen MR) is 142 cm³/mol. The molecular formula is C30H29N3O2. The van der Waals surface area contributed by atoms with Gasteiger partial charge in [0.1, 0.15) is 12.3 Å². The van der Waals surface area contributed by atoms with Gasteiger partial charge in [0.15, 0.2) is 0 Å². The molecule has 1 heterocycles. The molecule has 0 unspecified atom stereocenters. The van der Waals surface area contributed by atoms with Crippen molar-refractivity contribution in [3.63, 3.8) is 0 Å². The summed E-state index contributed by atoms with van der Waals surface area (Å²) in [4.78, 5) is 11.4. The minimum Gasteiger partial charge on any atom is -0.496 e. The highest BCUT2D eigenvalue weighted by atomic mass is 16.5. The van der Waals surface area contributed by atoms with Crippen LogP contribution in [0.25, 0.3) is 32.8 Å². The first-order valence-corrected chi connectivity index (χ1v) is 11.8. The summed E-state index contributed by atoms with van der Waals surface area (Å²) in [6.07, 6.45) is 1.89. The molecule has 0 aliphatic heterocycles. The minimum absolute atomic E-state index is 0.169. The van der Waals surface area contributed by atoms with Crippen molar-refractivity contribution in [1.82, 2.24) is 9.88 Å². The van der Waals surface area contributed by atoms with Gasteiger partial charge in [0.2, 0.25) is 5.91 Å². The Morgan fingerprint density at radius 3 is 2.63 bits per heavy atom. The number of rotatable bonds is 8. The van der Waals surface area contributed by atoms with Gasteiger partial charge in [-0.3, -0.25) is 4.79 Å². The number of nitrogens with two attached hydrogens (primary N) is 1. The van der Waals surface area contributed by atoms with Gasteiger partial charge in [0.05, 0.1) is 7.11 Å². The first-order valence-electron chi connectivity index (χ1n) is 11.8. The number of hydrogen-bond donors (Lipinski definition) is 2. The lowest BCUT2D eigenvalue weighted by atomic mass is 9.98. The molecule has 1 atom stereocenters. The molecule has 5 aromatic rings. The Balaban J connectivity index is 1.40. The third kappa shape index (κ3) is 4.63. The van der Waals surface area contributed by atoms with Gasteiger partial charge >= 0.3 is 0 Å². The Morgan fingerprint density at radius 2 is 1.80 bits per heavy atom. The summed E-state index contributed by atoms with van der Waals surface area (Å²) in [6, 6.07) is 29.7. The summed E-state index contributed by atoms with van der Waals surface area (Å²) in [5.74, 6) is 0.470. The Morgan fingerprint density at radius 1 is 0.971 bits per heavy atom. The van der Waals surface area contributed by atoms with Crippen LogP contribution in [0.3, 0.4) is 0 Å². The van der Waals surface area contributed by atoms with E-state index in [1.807, 2.05) is 29.0 Å². The van der Waals surface area contributed by atoms with Crippen molar-refractivity contribution in [2.75, 3.05) is 7.11 Å². The molecule has 4 aromatic carbocycles. The van der Waals surface area contributed by atoms with E-state index < -0.39 is 0 Å². The molecular weight excluding hydrogens is 434 g/mol. The van der Waals surface area contributed by atoms with Gasteiger partial charge in [-0.05, 0) is 64.7 Å². The van der Waals surface area contributed by atoms with Gasteiger partial charge in [-0.1, -0.05) is 54.6 Å². The maximum absolute atomic E-state index is 11.4. The minimum atomic E-state index is -0.355. The quantitative estimate of drug-likeness (QED) is 0.305. The number of carbonyl (C=O) groups is 1. The first-order chi connectivity index (χ1) is 17.0. The molecule has 1 amide bonds. The maximum Gasteiger partial charge on any atom is 0.237 e. The zero-order valence-corrected chi connectivity index (χ0v) is 20.0. The molecule has 5 nitrogen and oxygen atoms in total. The van der Waals surface area contributed by atoms with Crippen molar-refractivity contribution in [3.8, 4) is 16.9 Å². The van der Waals surface area contributed by atoms with E-state index in [0.717, 1.165) is 34.3 Å². The molecule has 0 fully saturated rings. The number of methoxy groups -OCH3 is 1. The largest absolute Gasteiger partial charge is 0.496 e. The van der Waals surface area contributed by atoms with Crippen LogP contribution in [-0.4, -0.2) is 17.6 Å². The number of nitrogens with one attached hydrogen (secondary N) is 1. The number of carbonyl (C=O) groups excluding carboxylic acids is 1. The van der Waals surface area contributed by atoms with Crippen LogP contribution in [0.2, 0.25) is 0 Å². The zero-order chi connectivity index (χ0) is 24.4. The fourth-order valence-electron chi connectivity index (χ4n) is 4.77. The Kier molecular flexibility index (Phi) is 6.25. The molecule has 0 saturated heterocycles. The number of hydrogen-bond acceptors (Lipinski definition) is 3. The lowest BCUT2D eigenvalue weighted by molar-refractivity contribution is -0.118. The Labute approximate surface area is 205 Å². The van der Waals surface area contributed by atoms with Crippen molar-refractivity contribution in [2.24, 2.45) is 5.73 Å². The molecule has 0 radical (unpaired) electrons. The van der Waals surface area contributed by atoms with Gasteiger partial charge in [-0.25, -0.2) is 0 Å². The topological polar surface area (TPSA) is 69.3 Å². The summed E-state index contributed by atoms with van der Waals surface area (Å²) in [7, 11) is 1.70. The van der Waals surface area contributed by atoms with E-state index in [4.69, 9.17) is 10.5 Å². The molecule has 0 saturated carbocycles. The second kappa shape index (κ2) is 9.65. The zero-order valence-electron chi connectivity index (χ0n) is 20.0.